The molecule has 1 aliphatic carbocycles. The Kier molecular flexibility index (Phi) is 4.09. The minimum Gasteiger partial charge on any atom is -0.361 e. The number of allylic oxidation sites excluding steroid dienone is 1. The van der Waals surface area contributed by atoms with Crippen LogP contribution < -0.4 is 5.32 Å². The lowest BCUT2D eigenvalue weighted by atomic mass is 9.90. The van der Waals surface area contributed by atoms with Gasteiger partial charge in [-0.15, -0.1) is 0 Å². The first kappa shape index (κ1) is 16.2. The normalized spacial score (nSPS) is 17.4. The second-order valence-electron chi connectivity index (χ2n) is 6.13. The molecule has 0 aromatic heterocycles. The maximum atomic E-state index is 14.3. The van der Waals surface area contributed by atoms with Gasteiger partial charge in [0.05, 0.1) is 5.56 Å². The van der Waals surface area contributed by atoms with Crippen LogP contribution in [-0.4, -0.2) is 5.78 Å². The number of Topliss-reactive ketones (excluding diaryl/α,β-unsaturated/α-hetero) is 1. The van der Waals surface area contributed by atoms with Crippen molar-refractivity contribution in [1.29, 1.82) is 0 Å². The van der Waals surface area contributed by atoms with Gasteiger partial charge in [0.2, 0.25) is 0 Å². The average molecular weight is 347 g/mol. The predicted octanol–water partition coefficient (Wildman–Crippen LogP) is 5.29. The van der Waals surface area contributed by atoms with Crippen molar-refractivity contribution in [3.05, 3.63) is 113 Å². The number of fused-ring (bicyclic) bond motifs is 1. The number of ketones is 1. The molecule has 2 nitrogen and oxygen atoms in total. The van der Waals surface area contributed by atoms with E-state index in [1.54, 1.807) is 30.5 Å². The van der Waals surface area contributed by atoms with Crippen LogP contribution in [0.25, 0.3) is 0 Å². The van der Waals surface area contributed by atoms with Gasteiger partial charge in [-0.1, -0.05) is 42.5 Å². The molecule has 0 saturated carbocycles. The van der Waals surface area contributed by atoms with E-state index < -0.39 is 5.82 Å². The summed E-state index contributed by atoms with van der Waals surface area (Å²) >= 11 is 0. The molecule has 0 radical (unpaired) electrons. The Bertz CT molecular complexity index is 994. The van der Waals surface area contributed by atoms with Crippen molar-refractivity contribution < 1.29 is 13.6 Å². The molecule has 128 valence electrons. The smallest absolute Gasteiger partial charge is 0.194 e. The summed E-state index contributed by atoms with van der Waals surface area (Å²) in [6, 6.07) is 20.1. The lowest BCUT2D eigenvalue weighted by Crippen LogP contribution is -2.05. The molecule has 0 aliphatic heterocycles. The summed E-state index contributed by atoms with van der Waals surface area (Å²) in [6.07, 6.45) is 1.59. The first-order valence-electron chi connectivity index (χ1n) is 8.25. The first-order valence-corrected chi connectivity index (χ1v) is 8.25. The third kappa shape index (κ3) is 2.80. The summed E-state index contributed by atoms with van der Waals surface area (Å²) in [7, 11) is 0. The Morgan fingerprint density at radius 2 is 1.58 bits per heavy atom. The molecule has 3 aromatic rings. The Morgan fingerprint density at radius 3 is 2.31 bits per heavy atom. The molecule has 0 bridgehead atoms. The summed E-state index contributed by atoms with van der Waals surface area (Å²) in [5.74, 6) is -1.53. The van der Waals surface area contributed by atoms with Gasteiger partial charge in [0.1, 0.15) is 11.6 Å². The molecular formula is C22H15F2NO. The van der Waals surface area contributed by atoms with Crippen LogP contribution in [0, 0.1) is 11.6 Å². The quantitative estimate of drug-likeness (QED) is 0.652. The number of carbonyl (C=O) groups excluding carboxylic acids is 1. The van der Waals surface area contributed by atoms with E-state index in [0.29, 0.717) is 16.8 Å². The van der Waals surface area contributed by atoms with Crippen LogP contribution in [0.3, 0.4) is 0 Å². The third-order valence-corrected chi connectivity index (χ3v) is 4.53. The van der Waals surface area contributed by atoms with Gasteiger partial charge in [-0.05, 0) is 41.5 Å². The highest BCUT2D eigenvalue weighted by molar-refractivity contribution is 6.15. The van der Waals surface area contributed by atoms with Gasteiger partial charge >= 0.3 is 0 Å². The third-order valence-electron chi connectivity index (χ3n) is 4.53. The second kappa shape index (κ2) is 6.56. The number of rotatable bonds is 3. The van der Waals surface area contributed by atoms with E-state index in [1.807, 2.05) is 30.3 Å². The summed E-state index contributed by atoms with van der Waals surface area (Å²) in [5, 5.41) is 3.03. The summed E-state index contributed by atoms with van der Waals surface area (Å²) in [5.41, 5.74) is 2.80. The van der Waals surface area contributed by atoms with Gasteiger partial charge in [-0.2, -0.15) is 0 Å². The van der Waals surface area contributed by atoms with E-state index >= 15 is 0 Å². The maximum Gasteiger partial charge on any atom is 0.194 e. The highest BCUT2D eigenvalue weighted by Gasteiger charge is 2.37. The Balaban J connectivity index is 1.79. The topological polar surface area (TPSA) is 29.1 Å². The van der Waals surface area contributed by atoms with Crippen LogP contribution in [0.4, 0.5) is 14.5 Å². The van der Waals surface area contributed by atoms with E-state index in [2.05, 4.69) is 5.32 Å². The van der Waals surface area contributed by atoms with Gasteiger partial charge in [-0.3, -0.25) is 4.79 Å². The fourth-order valence-electron chi connectivity index (χ4n) is 3.32. The van der Waals surface area contributed by atoms with Crippen molar-refractivity contribution in [3.8, 4) is 0 Å². The highest BCUT2D eigenvalue weighted by atomic mass is 19.1. The molecule has 3 aromatic carbocycles. The number of hydrogen-bond acceptors (Lipinski definition) is 2. The number of halogens is 2. The molecule has 0 heterocycles. The van der Waals surface area contributed by atoms with Crippen molar-refractivity contribution in [2.24, 2.45) is 0 Å². The zero-order chi connectivity index (χ0) is 18.1. The van der Waals surface area contributed by atoms with Crippen LogP contribution in [0.15, 0.2) is 84.6 Å². The predicted molar refractivity (Wildman–Crippen MR) is 97.1 cm³/mol. The van der Waals surface area contributed by atoms with Crippen LogP contribution in [0.1, 0.15) is 27.4 Å². The minimum atomic E-state index is -0.515. The lowest BCUT2D eigenvalue weighted by Gasteiger charge is -2.14. The Morgan fingerprint density at radius 1 is 0.846 bits per heavy atom. The molecule has 4 rings (SSSR count). The molecule has 1 N–H and O–H groups in total. The Labute approximate surface area is 149 Å². The summed E-state index contributed by atoms with van der Waals surface area (Å²) < 4.78 is 27.4. The molecule has 26 heavy (non-hydrogen) atoms. The monoisotopic (exact) mass is 347 g/mol. The van der Waals surface area contributed by atoms with Gasteiger partial charge in [0, 0.05) is 23.4 Å². The Hall–Kier alpha value is -3.27. The highest BCUT2D eigenvalue weighted by Crippen LogP contribution is 2.42. The van der Waals surface area contributed by atoms with Crippen molar-refractivity contribution in [3.63, 3.8) is 0 Å². The number of hydrogen-bond donors (Lipinski definition) is 1. The van der Waals surface area contributed by atoms with E-state index in [9.17, 15) is 13.6 Å². The minimum absolute atomic E-state index is 0.119. The molecule has 0 amide bonds. The van der Waals surface area contributed by atoms with Gasteiger partial charge in [-0.25, -0.2) is 8.78 Å². The van der Waals surface area contributed by atoms with Crippen LogP contribution >= 0.6 is 0 Å². The number of benzene rings is 3. The molecule has 0 saturated heterocycles. The summed E-state index contributed by atoms with van der Waals surface area (Å²) in [4.78, 5) is 12.9. The molecule has 0 fully saturated rings. The zero-order valence-corrected chi connectivity index (χ0v) is 13.7. The van der Waals surface area contributed by atoms with Crippen molar-refractivity contribution in [1.82, 2.24) is 0 Å². The molecule has 0 spiro atoms. The second-order valence-corrected chi connectivity index (χ2v) is 6.13. The van der Waals surface area contributed by atoms with Crippen molar-refractivity contribution in [2.45, 2.75) is 5.92 Å². The van der Waals surface area contributed by atoms with E-state index in [-0.39, 0.29) is 23.1 Å². The van der Waals surface area contributed by atoms with Gasteiger partial charge in [0.15, 0.2) is 5.78 Å². The van der Waals surface area contributed by atoms with Crippen LogP contribution in [0.2, 0.25) is 0 Å². The van der Waals surface area contributed by atoms with Crippen LogP contribution in [0.5, 0.6) is 0 Å². The SMILES string of the molecule is O=C1/C(=C\Nc2ccc(F)cc2)C(c2ccccc2)c2cccc(F)c21. The fraction of sp³-hybridized carbons (Fsp3) is 0.0455. The standard InChI is InChI=1S/C22H15F2NO/c23-15-9-11-16(12-10-15)25-13-18-20(14-5-2-1-3-6-14)17-7-4-8-19(24)21(17)22(18)26/h1-13,20,25H/b18-13-. The number of carbonyl (C=O) groups is 1. The van der Waals surface area contributed by atoms with E-state index in [4.69, 9.17) is 0 Å². The molecule has 1 aliphatic rings. The molecule has 1 atom stereocenters. The molecule has 1 unspecified atom stereocenters. The zero-order valence-electron chi connectivity index (χ0n) is 13.7. The average Bonchev–Trinajstić information content (AvgIpc) is 2.95. The number of anilines is 1. The van der Waals surface area contributed by atoms with Crippen molar-refractivity contribution >= 4 is 11.5 Å². The van der Waals surface area contributed by atoms with E-state index in [0.717, 1.165) is 5.56 Å². The fourth-order valence-corrected chi connectivity index (χ4v) is 3.32. The van der Waals surface area contributed by atoms with Crippen LogP contribution in [-0.2, 0) is 0 Å². The summed E-state index contributed by atoms with van der Waals surface area (Å²) in [6.45, 7) is 0. The van der Waals surface area contributed by atoms with Gasteiger partial charge in [0.25, 0.3) is 0 Å². The molecular weight excluding hydrogens is 332 g/mol. The largest absolute Gasteiger partial charge is 0.361 e. The molecule has 4 heteroatoms. The lowest BCUT2D eigenvalue weighted by molar-refractivity contribution is 0.103. The van der Waals surface area contributed by atoms with E-state index in [1.165, 1.54) is 18.2 Å². The maximum absolute atomic E-state index is 14.3. The first-order chi connectivity index (χ1) is 12.6. The van der Waals surface area contributed by atoms with Crippen molar-refractivity contribution in [2.75, 3.05) is 5.32 Å². The number of nitrogens with one attached hydrogen (secondary N) is 1. The van der Waals surface area contributed by atoms with Gasteiger partial charge < -0.3 is 5.32 Å².